The summed E-state index contributed by atoms with van der Waals surface area (Å²) in [6.45, 7) is 4.11. The van der Waals surface area contributed by atoms with Gasteiger partial charge in [0.1, 0.15) is 5.01 Å². The van der Waals surface area contributed by atoms with Crippen molar-refractivity contribution >= 4 is 21.6 Å². The van der Waals surface area contributed by atoms with E-state index in [0.717, 1.165) is 17.1 Å². The first-order valence-electron chi connectivity index (χ1n) is 6.16. The fourth-order valence-corrected chi connectivity index (χ4v) is 3.31. The maximum Gasteiger partial charge on any atom is 0.107 e. The van der Waals surface area contributed by atoms with E-state index < -0.39 is 0 Å². The van der Waals surface area contributed by atoms with E-state index in [1.54, 1.807) is 11.3 Å². The molecule has 1 aliphatic heterocycles. The standard InChI is InChI=1S/C13H17N3S/c14-8-13-15-11-4-3-10(7-12(11)17-13)9-16-5-1-2-6-16/h3-4,7H,1-2,5-6,8-9,14H2. The van der Waals surface area contributed by atoms with Gasteiger partial charge < -0.3 is 5.73 Å². The van der Waals surface area contributed by atoms with E-state index in [1.807, 2.05) is 0 Å². The van der Waals surface area contributed by atoms with Crippen LogP contribution in [0.1, 0.15) is 23.4 Å². The van der Waals surface area contributed by atoms with Crippen molar-refractivity contribution in [3.8, 4) is 0 Å². The van der Waals surface area contributed by atoms with Crippen molar-refractivity contribution in [1.29, 1.82) is 0 Å². The van der Waals surface area contributed by atoms with E-state index >= 15 is 0 Å². The van der Waals surface area contributed by atoms with Gasteiger partial charge >= 0.3 is 0 Å². The van der Waals surface area contributed by atoms with Crippen LogP contribution in [-0.2, 0) is 13.1 Å². The topological polar surface area (TPSA) is 42.1 Å². The van der Waals surface area contributed by atoms with Crippen LogP contribution in [0.15, 0.2) is 18.2 Å². The zero-order valence-corrected chi connectivity index (χ0v) is 10.7. The summed E-state index contributed by atoms with van der Waals surface area (Å²) in [5, 5.41) is 1.03. The number of hydrogen-bond donors (Lipinski definition) is 1. The van der Waals surface area contributed by atoms with E-state index in [0.29, 0.717) is 6.54 Å². The largest absolute Gasteiger partial charge is 0.325 e. The quantitative estimate of drug-likeness (QED) is 0.905. The molecule has 1 aliphatic rings. The zero-order chi connectivity index (χ0) is 11.7. The molecule has 0 bridgehead atoms. The van der Waals surface area contributed by atoms with Gasteiger partial charge in [-0.25, -0.2) is 4.98 Å². The van der Waals surface area contributed by atoms with Gasteiger partial charge in [-0.3, -0.25) is 4.90 Å². The second-order valence-corrected chi connectivity index (χ2v) is 5.71. The minimum absolute atomic E-state index is 0.542. The van der Waals surface area contributed by atoms with E-state index in [1.165, 1.54) is 36.2 Å². The Balaban J connectivity index is 1.84. The van der Waals surface area contributed by atoms with Gasteiger partial charge in [0.2, 0.25) is 0 Å². The molecule has 4 heteroatoms. The normalized spacial score (nSPS) is 17.0. The highest BCUT2D eigenvalue weighted by molar-refractivity contribution is 7.18. The molecule has 2 aromatic rings. The van der Waals surface area contributed by atoms with Crippen molar-refractivity contribution in [2.75, 3.05) is 13.1 Å². The lowest BCUT2D eigenvalue weighted by Crippen LogP contribution is -2.18. The van der Waals surface area contributed by atoms with Gasteiger partial charge in [0.25, 0.3) is 0 Å². The summed E-state index contributed by atoms with van der Waals surface area (Å²) in [5.74, 6) is 0. The van der Waals surface area contributed by atoms with Crippen molar-refractivity contribution in [1.82, 2.24) is 9.88 Å². The summed E-state index contributed by atoms with van der Waals surface area (Å²) < 4.78 is 1.27. The molecule has 1 aromatic carbocycles. The summed E-state index contributed by atoms with van der Waals surface area (Å²) >= 11 is 1.71. The highest BCUT2D eigenvalue weighted by Gasteiger charge is 2.12. The molecule has 2 N–H and O–H groups in total. The smallest absolute Gasteiger partial charge is 0.107 e. The van der Waals surface area contributed by atoms with Crippen molar-refractivity contribution < 1.29 is 0 Å². The summed E-state index contributed by atoms with van der Waals surface area (Å²) in [7, 11) is 0. The molecular formula is C13H17N3S. The fourth-order valence-electron chi connectivity index (χ4n) is 2.40. The van der Waals surface area contributed by atoms with Gasteiger partial charge in [-0.15, -0.1) is 11.3 Å². The number of fused-ring (bicyclic) bond motifs is 1. The third kappa shape index (κ3) is 2.34. The van der Waals surface area contributed by atoms with Crippen LogP contribution in [0.3, 0.4) is 0 Å². The minimum atomic E-state index is 0.542. The number of benzene rings is 1. The first kappa shape index (κ1) is 11.1. The second kappa shape index (κ2) is 4.72. The predicted molar refractivity (Wildman–Crippen MR) is 72.0 cm³/mol. The Morgan fingerprint density at radius 3 is 2.88 bits per heavy atom. The Kier molecular flexibility index (Phi) is 3.09. The van der Waals surface area contributed by atoms with Crippen LogP contribution in [0, 0.1) is 0 Å². The molecule has 1 aromatic heterocycles. The number of hydrogen-bond acceptors (Lipinski definition) is 4. The maximum absolute atomic E-state index is 5.62. The number of rotatable bonds is 3. The Bertz CT molecular complexity index is 514. The van der Waals surface area contributed by atoms with Crippen LogP contribution < -0.4 is 5.73 Å². The molecule has 1 fully saturated rings. The van der Waals surface area contributed by atoms with Crippen LogP contribution in [0.5, 0.6) is 0 Å². The molecule has 0 unspecified atom stereocenters. The van der Waals surface area contributed by atoms with Gasteiger partial charge in [-0.05, 0) is 43.6 Å². The molecule has 0 spiro atoms. The second-order valence-electron chi connectivity index (χ2n) is 4.60. The molecule has 0 aliphatic carbocycles. The van der Waals surface area contributed by atoms with Crippen LogP contribution >= 0.6 is 11.3 Å². The van der Waals surface area contributed by atoms with Crippen LogP contribution in [0.2, 0.25) is 0 Å². The lowest BCUT2D eigenvalue weighted by Gasteiger charge is -2.14. The Labute approximate surface area is 105 Å². The molecule has 0 saturated carbocycles. The molecule has 1 saturated heterocycles. The molecule has 90 valence electrons. The lowest BCUT2D eigenvalue weighted by molar-refractivity contribution is 0.331. The summed E-state index contributed by atoms with van der Waals surface area (Å²) in [6.07, 6.45) is 2.69. The van der Waals surface area contributed by atoms with Gasteiger partial charge in [0.05, 0.1) is 10.2 Å². The van der Waals surface area contributed by atoms with Crippen molar-refractivity contribution in [2.24, 2.45) is 5.73 Å². The number of aromatic nitrogens is 1. The van der Waals surface area contributed by atoms with Crippen LogP contribution in [0.25, 0.3) is 10.2 Å². The van der Waals surface area contributed by atoms with E-state index in [4.69, 9.17) is 5.73 Å². The maximum atomic E-state index is 5.62. The monoisotopic (exact) mass is 247 g/mol. The number of thiazole rings is 1. The third-order valence-electron chi connectivity index (χ3n) is 3.28. The van der Waals surface area contributed by atoms with Crippen molar-refractivity contribution in [3.63, 3.8) is 0 Å². The Hall–Kier alpha value is -0.970. The minimum Gasteiger partial charge on any atom is -0.325 e. The molecule has 0 atom stereocenters. The Morgan fingerprint density at radius 2 is 2.12 bits per heavy atom. The van der Waals surface area contributed by atoms with E-state index in [9.17, 15) is 0 Å². The van der Waals surface area contributed by atoms with Crippen molar-refractivity contribution in [3.05, 3.63) is 28.8 Å². The SMILES string of the molecule is NCc1nc2ccc(CN3CCCC3)cc2s1. The van der Waals surface area contributed by atoms with Crippen molar-refractivity contribution in [2.45, 2.75) is 25.9 Å². The molecule has 3 rings (SSSR count). The zero-order valence-electron chi connectivity index (χ0n) is 9.85. The lowest BCUT2D eigenvalue weighted by atomic mass is 10.2. The average molecular weight is 247 g/mol. The molecule has 0 radical (unpaired) electrons. The van der Waals surface area contributed by atoms with Gasteiger partial charge in [0, 0.05) is 13.1 Å². The summed E-state index contributed by atoms with van der Waals surface area (Å²) in [4.78, 5) is 7.00. The molecule has 0 amide bonds. The molecular weight excluding hydrogens is 230 g/mol. The summed E-state index contributed by atoms with van der Waals surface area (Å²) in [5.41, 5.74) is 8.10. The molecule has 17 heavy (non-hydrogen) atoms. The van der Waals surface area contributed by atoms with E-state index in [2.05, 4.69) is 28.1 Å². The van der Waals surface area contributed by atoms with Crippen LogP contribution in [-0.4, -0.2) is 23.0 Å². The molecule has 3 nitrogen and oxygen atoms in total. The first-order chi connectivity index (χ1) is 8.35. The number of likely N-dealkylation sites (tertiary alicyclic amines) is 1. The Morgan fingerprint density at radius 1 is 1.29 bits per heavy atom. The predicted octanol–water partition coefficient (Wildman–Crippen LogP) is 2.35. The number of nitrogens with zero attached hydrogens (tertiary/aromatic N) is 2. The van der Waals surface area contributed by atoms with Gasteiger partial charge in [-0.1, -0.05) is 6.07 Å². The van der Waals surface area contributed by atoms with E-state index in [-0.39, 0.29) is 0 Å². The average Bonchev–Trinajstić information content (AvgIpc) is 2.96. The van der Waals surface area contributed by atoms with Gasteiger partial charge in [0.15, 0.2) is 0 Å². The summed E-state index contributed by atoms with van der Waals surface area (Å²) in [6, 6.07) is 6.58. The van der Waals surface area contributed by atoms with Gasteiger partial charge in [-0.2, -0.15) is 0 Å². The third-order valence-corrected chi connectivity index (χ3v) is 4.32. The first-order valence-corrected chi connectivity index (χ1v) is 6.97. The van der Waals surface area contributed by atoms with Crippen LogP contribution in [0.4, 0.5) is 0 Å². The fraction of sp³-hybridized carbons (Fsp3) is 0.462. The molecule has 2 heterocycles. The highest BCUT2D eigenvalue weighted by Crippen LogP contribution is 2.24. The highest BCUT2D eigenvalue weighted by atomic mass is 32.1. The number of nitrogens with two attached hydrogens (primary N) is 1.